The smallest absolute Gasteiger partial charge is 0.328 e. The minimum absolute atomic E-state index is 0.0694. The van der Waals surface area contributed by atoms with Gasteiger partial charge in [-0.2, -0.15) is 0 Å². The van der Waals surface area contributed by atoms with Crippen LogP contribution in [-0.2, 0) is 20.7 Å². The number of nitrogens with two attached hydrogens (primary N) is 1. The summed E-state index contributed by atoms with van der Waals surface area (Å²) in [7, 11) is 1.36. The summed E-state index contributed by atoms with van der Waals surface area (Å²) in [5.41, 5.74) is 8.29. The topological polar surface area (TPSA) is 72.6 Å². The molecule has 112 valence electrons. The van der Waals surface area contributed by atoms with Gasteiger partial charge in [-0.05, 0) is 36.8 Å². The molecule has 1 fully saturated rings. The molecule has 1 aromatic rings. The van der Waals surface area contributed by atoms with Crippen molar-refractivity contribution in [2.75, 3.05) is 7.11 Å². The van der Waals surface area contributed by atoms with E-state index in [2.05, 4.69) is 0 Å². The predicted molar refractivity (Wildman–Crippen MR) is 77.4 cm³/mol. The zero-order valence-corrected chi connectivity index (χ0v) is 12.1. The van der Waals surface area contributed by atoms with Crippen LogP contribution in [0.3, 0.4) is 0 Å². The second kappa shape index (κ2) is 5.48. The van der Waals surface area contributed by atoms with E-state index >= 15 is 0 Å². The number of amides is 1. The number of rotatable bonds is 1. The quantitative estimate of drug-likeness (QED) is 0.787. The second-order valence-electron chi connectivity index (χ2n) is 5.74. The monoisotopic (exact) mass is 288 g/mol. The lowest BCUT2D eigenvalue weighted by atomic mass is 9.89. The van der Waals surface area contributed by atoms with E-state index in [-0.39, 0.29) is 17.9 Å². The summed E-state index contributed by atoms with van der Waals surface area (Å²) >= 11 is 0. The van der Waals surface area contributed by atoms with Gasteiger partial charge in [0.2, 0.25) is 5.91 Å². The van der Waals surface area contributed by atoms with Gasteiger partial charge in [-0.1, -0.05) is 24.3 Å². The Balaban J connectivity index is 2.07. The first-order valence-electron chi connectivity index (χ1n) is 7.37. The van der Waals surface area contributed by atoms with Crippen molar-refractivity contribution in [2.24, 2.45) is 5.73 Å². The summed E-state index contributed by atoms with van der Waals surface area (Å²) in [6.45, 7) is 0. The van der Waals surface area contributed by atoms with E-state index in [1.165, 1.54) is 7.11 Å². The molecule has 2 aliphatic heterocycles. The van der Waals surface area contributed by atoms with Crippen molar-refractivity contribution in [3.8, 4) is 0 Å². The van der Waals surface area contributed by atoms with Crippen molar-refractivity contribution in [1.29, 1.82) is 0 Å². The van der Waals surface area contributed by atoms with Gasteiger partial charge in [0.25, 0.3) is 0 Å². The highest BCUT2D eigenvalue weighted by Gasteiger charge is 2.43. The lowest BCUT2D eigenvalue weighted by molar-refractivity contribution is -0.158. The zero-order valence-electron chi connectivity index (χ0n) is 12.1. The molecule has 1 saturated heterocycles. The molecule has 0 aliphatic carbocycles. The number of carbonyl (C=O) groups excluding carboxylic acids is 2. The first-order valence-corrected chi connectivity index (χ1v) is 7.37. The molecular weight excluding hydrogens is 268 g/mol. The summed E-state index contributed by atoms with van der Waals surface area (Å²) in [6, 6.07) is 6.82. The maximum atomic E-state index is 12.7. The Morgan fingerprint density at radius 3 is 2.86 bits per heavy atom. The number of fused-ring (bicyclic) bond motifs is 3. The van der Waals surface area contributed by atoms with Crippen LogP contribution in [0.5, 0.6) is 0 Å². The number of benzene rings is 1. The Morgan fingerprint density at radius 1 is 1.33 bits per heavy atom. The van der Waals surface area contributed by atoms with Gasteiger partial charge in [-0.15, -0.1) is 0 Å². The van der Waals surface area contributed by atoms with E-state index in [1.54, 1.807) is 4.90 Å². The van der Waals surface area contributed by atoms with E-state index in [4.69, 9.17) is 10.5 Å². The standard InChI is InChI=1S/C16H20N2O3/c1-21-16(20)14-8-4-7-13-11-6-3-2-5-10(11)9-12(17)15(19)18(13)14/h2-3,5-6,12-14H,4,7-9,17H2,1H3/t12-,13+,14-/m0/s1. The molecule has 2 N–H and O–H groups in total. The molecule has 5 nitrogen and oxygen atoms in total. The van der Waals surface area contributed by atoms with Gasteiger partial charge in [-0.25, -0.2) is 4.79 Å². The van der Waals surface area contributed by atoms with Crippen LogP contribution >= 0.6 is 0 Å². The molecule has 2 heterocycles. The van der Waals surface area contributed by atoms with Crippen LogP contribution < -0.4 is 5.73 Å². The van der Waals surface area contributed by atoms with E-state index in [0.717, 1.165) is 24.0 Å². The highest BCUT2D eigenvalue weighted by molar-refractivity contribution is 5.89. The third-order valence-electron chi connectivity index (χ3n) is 4.53. The maximum Gasteiger partial charge on any atom is 0.328 e. The van der Waals surface area contributed by atoms with Crippen molar-refractivity contribution in [3.05, 3.63) is 35.4 Å². The van der Waals surface area contributed by atoms with Gasteiger partial charge in [0.15, 0.2) is 0 Å². The molecule has 0 radical (unpaired) electrons. The van der Waals surface area contributed by atoms with Crippen LogP contribution in [0, 0.1) is 0 Å². The Labute approximate surface area is 124 Å². The lowest BCUT2D eigenvalue weighted by Gasteiger charge is -2.40. The number of methoxy groups -OCH3 is 1. The number of esters is 1. The van der Waals surface area contributed by atoms with Crippen molar-refractivity contribution in [1.82, 2.24) is 4.90 Å². The SMILES string of the molecule is COC(=O)[C@@H]1CCC[C@@H]2c3ccccc3C[C@H](N)C(=O)N21. The first kappa shape index (κ1) is 14.1. The predicted octanol–water partition coefficient (Wildman–Crippen LogP) is 1.17. The van der Waals surface area contributed by atoms with Crippen molar-refractivity contribution in [3.63, 3.8) is 0 Å². The fourth-order valence-corrected chi connectivity index (χ4v) is 3.54. The summed E-state index contributed by atoms with van der Waals surface area (Å²) < 4.78 is 4.88. The lowest BCUT2D eigenvalue weighted by Crippen LogP contribution is -2.54. The van der Waals surface area contributed by atoms with Crippen LogP contribution in [0.1, 0.15) is 36.4 Å². The third kappa shape index (κ3) is 2.31. The van der Waals surface area contributed by atoms with Gasteiger partial charge in [0.05, 0.1) is 19.2 Å². The Kier molecular flexibility index (Phi) is 3.68. The third-order valence-corrected chi connectivity index (χ3v) is 4.53. The van der Waals surface area contributed by atoms with Crippen molar-refractivity contribution in [2.45, 2.75) is 43.8 Å². The molecule has 0 saturated carbocycles. The van der Waals surface area contributed by atoms with E-state index in [9.17, 15) is 9.59 Å². The summed E-state index contributed by atoms with van der Waals surface area (Å²) in [4.78, 5) is 26.4. The van der Waals surface area contributed by atoms with E-state index in [1.807, 2.05) is 24.3 Å². The molecule has 0 spiro atoms. The Bertz CT molecular complexity index is 572. The minimum Gasteiger partial charge on any atom is -0.467 e. The highest BCUT2D eigenvalue weighted by atomic mass is 16.5. The van der Waals surface area contributed by atoms with Gasteiger partial charge >= 0.3 is 5.97 Å². The van der Waals surface area contributed by atoms with E-state index < -0.39 is 12.1 Å². The Hall–Kier alpha value is -1.88. The van der Waals surface area contributed by atoms with Crippen LogP contribution in [0.25, 0.3) is 0 Å². The molecule has 0 aromatic heterocycles. The van der Waals surface area contributed by atoms with Gasteiger partial charge < -0.3 is 15.4 Å². The molecule has 0 bridgehead atoms. The molecule has 5 heteroatoms. The molecule has 3 atom stereocenters. The molecule has 2 aliphatic rings. The Morgan fingerprint density at radius 2 is 2.10 bits per heavy atom. The number of nitrogens with zero attached hydrogens (tertiary/aromatic N) is 1. The normalized spacial score (nSPS) is 28.4. The number of hydrogen-bond donors (Lipinski definition) is 1. The number of carbonyl (C=O) groups is 2. The molecule has 21 heavy (non-hydrogen) atoms. The maximum absolute atomic E-state index is 12.7. The fourth-order valence-electron chi connectivity index (χ4n) is 3.54. The van der Waals surface area contributed by atoms with Crippen molar-refractivity contribution >= 4 is 11.9 Å². The molecule has 1 amide bonds. The summed E-state index contributed by atoms with van der Waals surface area (Å²) in [5.74, 6) is -0.495. The highest BCUT2D eigenvalue weighted by Crippen LogP contribution is 2.39. The molecule has 0 unspecified atom stereocenters. The molecule has 3 rings (SSSR count). The average molecular weight is 288 g/mol. The molecule has 1 aromatic carbocycles. The average Bonchev–Trinajstić information content (AvgIpc) is 2.63. The number of hydrogen-bond acceptors (Lipinski definition) is 4. The van der Waals surface area contributed by atoms with Crippen molar-refractivity contribution < 1.29 is 14.3 Å². The van der Waals surface area contributed by atoms with Crippen LogP contribution in [-0.4, -0.2) is 36.0 Å². The fraction of sp³-hybridized carbons (Fsp3) is 0.500. The second-order valence-corrected chi connectivity index (χ2v) is 5.74. The van der Waals surface area contributed by atoms with Gasteiger partial charge in [0.1, 0.15) is 6.04 Å². The number of piperidine rings is 1. The largest absolute Gasteiger partial charge is 0.467 e. The minimum atomic E-state index is -0.596. The summed E-state index contributed by atoms with van der Waals surface area (Å²) in [5, 5.41) is 0. The van der Waals surface area contributed by atoms with E-state index in [0.29, 0.717) is 12.8 Å². The number of ether oxygens (including phenoxy) is 1. The van der Waals surface area contributed by atoms with Gasteiger partial charge in [0, 0.05) is 0 Å². The zero-order chi connectivity index (χ0) is 15.0. The molecular formula is C16H20N2O3. The van der Waals surface area contributed by atoms with Crippen LogP contribution in [0.2, 0.25) is 0 Å². The van der Waals surface area contributed by atoms with Crippen LogP contribution in [0.15, 0.2) is 24.3 Å². The first-order chi connectivity index (χ1) is 10.1. The van der Waals surface area contributed by atoms with Gasteiger partial charge in [-0.3, -0.25) is 4.79 Å². The van der Waals surface area contributed by atoms with Crippen LogP contribution in [0.4, 0.5) is 0 Å². The summed E-state index contributed by atoms with van der Waals surface area (Å²) in [6.07, 6.45) is 2.93.